The van der Waals surface area contributed by atoms with Crippen LogP contribution in [0.2, 0.25) is 0 Å². The van der Waals surface area contributed by atoms with Gasteiger partial charge in [-0.05, 0) is 45.5 Å². The number of aryl methyl sites for hydroxylation is 1. The molecule has 0 amide bonds. The molecule has 1 aromatic carbocycles. The average molecular weight is 292 g/mol. The molecule has 0 radical (unpaired) electrons. The highest BCUT2D eigenvalue weighted by atomic mass is 16.5. The number of nitrogens with one attached hydrogen (secondary N) is 1. The number of rotatable bonds is 10. The lowest BCUT2D eigenvalue weighted by molar-refractivity contribution is 0.0624. The highest BCUT2D eigenvalue weighted by Gasteiger charge is 2.12. The van der Waals surface area contributed by atoms with E-state index in [-0.39, 0.29) is 0 Å². The van der Waals surface area contributed by atoms with Crippen molar-refractivity contribution in [3.63, 3.8) is 0 Å². The Morgan fingerprint density at radius 2 is 1.86 bits per heavy atom. The van der Waals surface area contributed by atoms with Crippen LogP contribution >= 0.6 is 0 Å². The molecule has 0 heterocycles. The van der Waals surface area contributed by atoms with Crippen LogP contribution in [0.4, 0.5) is 0 Å². The summed E-state index contributed by atoms with van der Waals surface area (Å²) in [5.41, 5.74) is 2.78. The Bertz CT molecular complexity index is 375. The minimum atomic E-state index is 0.310. The summed E-state index contributed by atoms with van der Waals surface area (Å²) in [5.74, 6) is 0. The molecule has 0 aliphatic heterocycles. The Morgan fingerprint density at radius 3 is 2.38 bits per heavy atom. The van der Waals surface area contributed by atoms with Crippen LogP contribution in [-0.2, 0) is 11.2 Å². The van der Waals surface area contributed by atoms with Gasteiger partial charge in [-0.1, -0.05) is 37.6 Å². The molecule has 1 N–H and O–H groups in total. The minimum Gasteiger partial charge on any atom is -0.377 e. The quantitative estimate of drug-likeness (QED) is 0.716. The van der Waals surface area contributed by atoms with Crippen LogP contribution in [0.3, 0.4) is 0 Å². The van der Waals surface area contributed by atoms with E-state index in [1.165, 1.54) is 17.5 Å². The zero-order valence-corrected chi connectivity index (χ0v) is 14.4. The molecule has 1 atom stereocenters. The monoisotopic (exact) mass is 292 g/mol. The zero-order valence-electron chi connectivity index (χ0n) is 14.4. The summed E-state index contributed by atoms with van der Waals surface area (Å²) in [6.45, 7) is 9.12. The van der Waals surface area contributed by atoms with Crippen molar-refractivity contribution in [3.05, 3.63) is 35.4 Å². The van der Waals surface area contributed by atoms with Crippen molar-refractivity contribution >= 4 is 0 Å². The van der Waals surface area contributed by atoms with Crippen molar-refractivity contribution in [1.82, 2.24) is 10.2 Å². The Morgan fingerprint density at radius 1 is 1.19 bits per heavy atom. The molecule has 0 fully saturated rings. The van der Waals surface area contributed by atoms with Gasteiger partial charge in [-0.3, -0.25) is 0 Å². The molecule has 3 nitrogen and oxygen atoms in total. The third-order valence-corrected chi connectivity index (χ3v) is 3.69. The largest absolute Gasteiger partial charge is 0.377 e. The molecule has 0 aliphatic rings. The van der Waals surface area contributed by atoms with E-state index in [9.17, 15) is 0 Å². The van der Waals surface area contributed by atoms with Crippen molar-refractivity contribution in [2.45, 2.75) is 45.8 Å². The van der Waals surface area contributed by atoms with Gasteiger partial charge >= 0.3 is 0 Å². The molecule has 1 unspecified atom stereocenters. The fourth-order valence-electron chi connectivity index (χ4n) is 2.42. The van der Waals surface area contributed by atoms with Gasteiger partial charge in [0, 0.05) is 19.1 Å². The van der Waals surface area contributed by atoms with Gasteiger partial charge in [0.05, 0.1) is 12.7 Å². The molecule has 0 aromatic heterocycles. The summed E-state index contributed by atoms with van der Waals surface area (Å²) in [6.07, 6.45) is 2.68. The predicted molar refractivity (Wildman–Crippen MR) is 90.8 cm³/mol. The van der Waals surface area contributed by atoms with Crippen molar-refractivity contribution < 1.29 is 4.74 Å². The lowest BCUT2D eigenvalue weighted by atomic mass is 10.0. The summed E-state index contributed by atoms with van der Waals surface area (Å²) in [4.78, 5) is 2.32. The third-order valence-electron chi connectivity index (χ3n) is 3.69. The number of benzene rings is 1. The van der Waals surface area contributed by atoms with Gasteiger partial charge in [-0.15, -0.1) is 0 Å². The zero-order chi connectivity index (χ0) is 15.7. The summed E-state index contributed by atoms with van der Waals surface area (Å²) >= 11 is 0. The number of ether oxygens (including phenoxy) is 1. The molecule has 1 aromatic rings. The van der Waals surface area contributed by atoms with Gasteiger partial charge in [-0.2, -0.15) is 0 Å². The molecule has 3 heteroatoms. The first kappa shape index (κ1) is 18.1. The van der Waals surface area contributed by atoms with Crippen LogP contribution in [0.5, 0.6) is 0 Å². The lowest BCUT2D eigenvalue weighted by Gasteiger charge is -2.24. The van der Waals surface area contributed by atoms with Crippen molar-refractivity contribution in [3.8, 4) is 0 Å². The predicted octanol–water partition coefficient (Wildman–Crippen LogP) is 3.26. The maximum absolute atomic E-state index is 5.61. The molecule has 0 spiro atoms. The first-order valence-corrected chi connectivity index (χ1v) is 8.13. The fraction of sp³-hybridized carbons (Fsp3) is 0.667. The molecule has 0 bridgehead atoms. The van der Waals surface area contributed by atoms with Crippen LogP contribution in [0.25, 0.3) is 0 Å². The Kier molecular flexibility index (Phi) is 8.58. The maximum atomic E-state index is 5.61. The minimum absolute atomic E-state index is 0.310. The van der Waals surface area contributed by atoms with Crippen LogP contribution in [0.1, 0.15) is 44.4 Å². The molecule has 120 valence electrons. The number of hydrogen-bond acceptors (Lipinski definition) is 3. The summed E-state index contributed by atoms with van der Waals surface area (Å²) < 4.78 is 5.61. The van der Waals surface area contributed by atoms with Gasteiger partial charge in [0.15, 0.2) is 0 Å². The smallest absolute Gasteiger partial charge is 0.0596 e. The van der Waals surface area contributed by atoms with E-state index in [1.807, 2.05) is 7.05 Å². The molecule has 1 rings (SSSR count). The first-order valence-electron chi connectivity index (χ1n) is 8.13. The van der Waals surface area contributed by atoms with E-state index in [0.717, 1.165) is 26.1 Å². The standard InChI is InChI=1S/C18H32N2O/c1-6-7-16-8-10-17(11-9-16)18(19-4)14-20(5)12-13-21-15(2)3/h8-11,15,18-19H,6-7,12-14H2,1-5H3. The Hall–Kier alpha value is -0.900. The summed E-state index contributed by atoms with van der Waals surface area (Å²) in [6, 6.07) is 9.38. The molecule has 0 saturated carbocycles. The van der Waals surface area contributed by atoms with E-state index in [4.69, 9.17) is 4.74 Å². The Balaban J connectivity index is 2.49. The highest BCUT2D eigenvalue weighted by molar-refractivity contribution is 5.25. The normalized spacial score (nSPS) is 13.1. The molecular weight excluding hydrogens is 260 g/mol. The van der Waals surface area contributed by atoms with E-state index in [1.54, 1.807) is 0 Å². The highest BCUT2D eigenvalue weighted by Crippen LogP contribution is 2.15. The van der Waals surface area contributed by atoms with Gasteiger partial charge in [-0.25, -0.2) is 0 Å². The summed E-state index contributed by atoms with van der Waals surface area (Å²) in [5, 5.41) is 3.42. The van der Waals surface area contributed by atoms with Crippen LogP contribution in [-0.4, -0.2) is 44.8 Å². The Labute approximate surface area is 130 Å². The van der Waals surface area contributed by atoms with Crippen LogP contribution < -0.4 is 5.32 Å². The molecule has 21 heavy (non-hydrogen) atoms. The van der Waals surface area contributed by atoms with Crippen LogP contribution in [0.15, 0.2) is 24.3 Å². The van der Waals surface area contributed by atoms with Gasteiger partial charge < -0.3 is 15.0 Å². The number of hydrogen-bond donors (Lipinski definition) is 1. The van der Waals surface area contributed by atoms with E-state index in [0.29, 0.717) is 12.1 Å². The van der Waals surface area contributed by atoms with Gasteiger partial charge in [0.25, 0.3) is 0 Å². The van der Waals surface area contributed by atoms with Crippen LogP contribution in [0, 0.1) is 0 Å². The lowest BCUT2D eigenvalue weighted by Crippen LogP contribution is -2.33. The second kappa shape index (κ2) is 9.93. The summed E-state index contributed by atoms with van der Waals surface area (Å²) in [7, 11) is 4.18. The van der Waals surface area contributed by atoms with Gasteiger partial charge in [0.1, 0.15) is 0 Å². The fourth-order valence-corrected chi connectivity index (χ4v) is 2.42. The van der Waals surface area contributed by atoms with Gasteiger partial charge in [0.2, 0.25) is 0 Å². The third kappa shape index (κ3) is 7.07. The van der Waals surface area contributed by atoms with Crippen molar-refractivity contribution in [2.75, 3.05) is 33.8 Å². The van der Waals surface area contributed by atoms with E-state index in [2.05, 4.69) is 62.3 Å². The first-order chi connectivity index (χ1) is 10.1. The van der Waals surface area contributed by atoms with E-state index >= 15 is 0 Å². The SMILES string of the molecule is CCCc1ccc(C(CN(C)CCOC(C)C)NC)cc1. The van der Waals surface area contributed by atoms with E-state index < -0.39 is 0 Å². The number of nitrogens with zero attached hydrogens (tertiary/aromatic N) is 1. The average Bonchev–Trinajstić information content (AvgIpc) is 2.45. The maximum Gasteiger partial charge on any atom is 0.0596 e. The molecule has 0 aliphatic carbocycles. The molecular formula is C18H32N2O. The second-order valence-corrected chi connectivity index (χ2v) is 6.01. The topological polar surface area (TPSA) is 24.5 Å². The molecule has 0 saturated heterocycles. The second-order valence-electron chi connectivity index (χ2n) is 6.01. The number of likely N-dealkylation sites (N-methyl/N-ethyl adjacent to an activating group) is 2. The van der Waals surface area contributed by atoms with Crippen molar-refractivity contribution in [1.29, 1.82) is 0 Å². The van der Waals surface area contributed by atoms with Crippen molar-refractivity contribution in [2.24, 2.45) is 0 Å².